The monoisotopic (exact) mass is 264 g/mol. The van der Waals surface area contributed by atoms with Gasteiger partial charge in [0, 0.05) is 5.54 Å². The molecule has 1 N–H and O–H groups in total. The van der Waals surface area contributed by atoms with Crippen LogP contribution in [0.1, 0.15) is 31.0 Å². The quantitative estimate of drug-likeness (QED) is 0.905. The van der Waals surface area contributed by atoms with Gasteiger partial charge in [0.2, 0.25) is 6.79 Å². The smallest absolute Gasteiger partial charge is 0.231 e. The zero-order valence-electron chi connectivity index (χ0n) is 12.7. The second-order valence-corrected chi connectivity index (χ2v) is 5.90. The number of nitrogens with zero attached hydrogens (tertiary/aromatic N) is 1. The van der Waals surface area contributed by atoms with E-state index in [1.165, 1.54) is 11.1 Å². The summed E-state index contributed by atoms with van der Waals surface area (Å²) in [5, 5.41) is 3.40. The van der Waals surface area contributed by atoms with Crippen LogP contribution in [0.2, 0.25) is 0 Å². The lowest BCUT2D eigenvalue weighted by molar-refractivity contribution is 0.172. The zero-order chi connectivity index (χ0) is 14.2. The summed E-state index contributed by atoms with van der Waals surface area (Å²) in [4.78, 5) is 2.24. The molecular weight excluding hydrogens is 240 g/mol. The molecule has 0 bridgehead atoms. The number of hydrogen-bond donors (Lipinski definition) is 1. The van der Waals surface area contributed by atoms with Gasteiger partial charge in [-0.2, -0.15) is 0 Å². The van der Waals surface area contributed by atoms with E-state index in [2.05, 4.69) is 57.2 Å². The Morgan fingerprint density at radius 1 is 1.21 bits per heavy atom. The molecule has 19 heavy (non-hydrogen) atoms. The van der Waals surface area contributed by atoms with Crippen LogP contribution < -0.4 is 14.8 Å². The lowest BCUT2D eigenvalue weighted by Gasteiger charge is -2.39. The van der Waals surface area contributed by atoms with Gasteiger partial charge in [0.25, 0.3) is 0 Å². The first-order valence-electron chi connectivity index (χ1n) is 6.62. The first-order chi connectivity index (χ1) is 8.86. The number of fused-ring (bicyclic) bond motifs is 1. The van der Waals surface area contributed by atoms with Crippen molar-refractivity contribution in [2.24, 2.45) is 0 Å². The van der Waals surface area contributed by atoms with Gasteiger partial charge in [-0.3, -0.25) is 0 Å². The Balaban J connectivity index is 2.48. The van der Waals surface area contributed by atoms with E-state index in [1.807, 2.05) is 7.05 Å². The lowest BCUT2D eigenvalue weighted by Crippen LogP contribution is -2.48. The molecule has 0 aliphatic carbocycles. The molecule has 1 aromatic carbocycles. The SMILES string of the molecule is CNC(C)(C)C(c1cc2c(cc1C)OCO2)N(C)C. The molecule has 0 aromatic heterocycles. The Morgan fingerprint density at radius 2 is 1.79 bits per heavy atom. The summed E-state index contributed by atoms with van der Waals surface area (Å²) in [5.74, 6) is 1.69. The molecule has 0 amide bonds. The minimum absolute atomic E-state index is 0.0397. The third-order valence-corrected chi connectivity index (χ3v) is 3.90. The third-order valence-electron chi connectivity index (χ3n) is 3.90. The summed E-state index contributed by atoms with van der Waals surface area (Å²) in [6.45, 7) is 6.86. The van der Waals surface area contributed by atoms with Gasteiger partial charge in [-0.25, -0.2) is 0 Å². The van der Waals surface area contributed by atoms with Crippen LogP contribution >= 0.6 is 0 Å². The summed E-state index contributed by atoms with van der Waals surface area (Å²) in [6.07, 6.45) is 0. The van der Waals surface area contributed by atoms with Crippen molar-refractivity contribution in [2.45, 2.75) is 32.4 Å². The predicted molar refractivity (Wildman–Crippen MR) is 76.9 cm³/mol. The van der Waals surface area contributed by atoms with Crippen molar-refractivity contribution < 1.29 is 9.47 Å². The minimum Gasteiger partial charge on any atom is -0.454 e. The van der Waals surface area contributed by atoms with Gasteiger partial charge in [-0.15, -0.1) is 0 Å². The molecule has 106 valence electrons. The second kappa shape index (κ2) is 5.02. The van der Waals surface area contributed by atoms with Crippen LogP contribution in [0.15, 0.2) is 12.1 Å². The van der Waals surface area contributed by atoms with Gasteiger partial charge >= 0.3 is 0 Å². The number of hydrogen-bond acceptors (Lipinski definition) is 4. The fraction of sp³-hybridized carbons (Fsp3) is 0.600. The van der Waals surface area contributed by atoms with E-state index in [9.17, 15) is 0 Å². The van der Waals surface area contributed by atoms with Crippen molar-refractivity contribution in [2.75, 3.05) is 27.9 Å². The Bertz CT molecular complexity index is 469. The second-order valence-electron chi connectivity index (χ2n) is 5.90. The molecule has 0 saturated carbocycles. The van der Waals surface area contributed by atoms with Gasteiger partial charge in [-0.1, -0.05) is 0 Å². The van der Waals surface area contributed by atoms with Crippen molar-refractivity contribution in [1.82, 2.24) is 10.2 Å². The Labute approximate surface area is 115 Å². The fourth-order valence-electron chi connectivity index (χ4n) is 2.80. The summed E-state index contributed by atoms with van der Waals surface area (Å²) in [6, 6.07) is 4.44. The Hall–Kier alpha value is -1.26. The van der Waals surface area contributed by atoms with E-state index in [1.54, 1.807) is 0 Å². The Morgan fingerprint density at radius 3 is 2.32 bits per heavy atom. The maximum absolute atomic E-state index is 5.51. The molecule has 0 saturated heterocycles. The summed E-state index contributed by atoms with van der Waals surface area (Å²) >= 11 is 0. The fourth-order valence-corrected chi connectivity index (χ4v) is 2.80. The largest absolute Gasteiger partial charge is 0.454 e. The normalized spacial score (nSPS) is 15.9. The van der Waals surface area contributed by atoms with Crippen molar-refractivity contribution in [3.05, 3.63) is 23.3 Å². The molecule has 0 radical (unpaired) electrons. The Kier molecular flexibility index (Phi) is 3.74. The van der Waals surface area contributed by atoms with Gasteiger partial charge in [0.05, 0.1) is 6.04 Å². The molecule has 1 unspecified atom stereocenters. The number of aryl methyl sites for hydroxylation is 1. The summed E-state index contributed by atoms with van der Waals surface area (Å²) in [7, 11) is 6.21. The molecular formula is C15H24N2O2. The number of ether oxygens (including phenoxy) is 2. The standard InChI is InChI=1S/C15H24N2O2/c1-10-7-12-13(19-9-18-12)8-11(10)14(17(5)6)15(2,3)16-4/h7-8,14,16H,9H2,1-6H3. The van der Waals surface area contributed by atoms with E-state index >= 15 is 0 Å². The number of nitrogens with one attached hydrogen (secondary N) is 1. The molecule has 1 aliphatic heterocycles. The van der Waals surface area contributed by atoms with Gasteiger partial charge in [-0.05, 0) is 65.2 Å². The van der Waals surface area contributed by atoms with Crippen LogP contribution in [-0.2, 0) is 0 Å². The molecule has 4 nitrogen and oxygen atoms in total. The van der Waals surface area contributed by atoms with E-state index in [-0.39, 0.29) is 11.6 Å². The van der Waals surface area contributed by atoms with Gasteiger partial charge in [0.15, 0.2) is 11.5 Å². The molecule has 1 heterocycles. The molecule has 1 aliphatic rings. The van der Waals surface area contributed by atoms with Crippen LogP contribution in [0.25, 0.3) is 0 Å². The average molecular weight is 264 g/mol. The lowest BCUT2D eigenvalue weighted by atomic mass is 9.85. The van der Waals surface area contributed by atoms with Crippen LogP contribution in [0.5, 0.6) is 11.5 Å². The topological polar surface area (TPSA) is 33.7 Å². The van der Waals surface area contributed by atoms with Gasteiger partial charge in [0.1, 0.15) is 0 Å². The summed E-state index contributed by atoms with van der Waals surface area (Å²) < 4.78 is 10.9. The van der Waals surface area contributed by atoms with E-state index in [0.29, 0.717) is 6.79 Å². The minimum atomic E-state index is -0.0397. The van der Waals surface area contributed by atoms with E-state index in [0.717, 1.165) is 11.5 Å². The highest BCUT2D eigenvalue weighted by Gasteiger charge is 2.33. The van der Waals surface area contributed by atoms with Crippen LogP contribution in [0.3, 0.4) is 0 Å². The van der Waals surface area contributed by atoms with Gasteiger partial charge < -0.3 is 19.7 Å². The molecule has 2 rings (SSSR count). The first-order valence-corrected chi connectivity index (χ1v) is 6.62. The van der Waals surface area contributed by atoms with E-state index in [4.69, 9.17) is 9.47 Å². The molecule has 1 aromatic rings. The van der Waals surface area contributed by atoms with Crippen LogP contribution in [0, 0.1) is 6.92 Å². The highest BCUT2D eigenvalue weighted by molar-refractivity contribution is 5.49. The zero-order valence-corrected chi connectivity index (χ0v) is 12.7. The molecule has 4 heteroatoms. The number of rotatable bonds is 4. The third kappa shape index (κ3) is 2.55. The van der Waals surface area contributed by atoms with E-state index < -0.39 is 0 Å². The number of likely N-dealkylation sites (N-methyl/N-ethyl adjacent to an activating group) is 2. The molecule has 0 spiro atoms. The van der Waals surface area contributed by atoms with Crippen molar-refractivity contribution in [3.8, 4) is 11.5 Å². The van der Waals surface area contributed by atoms with Crippen LogP contribution in [-0.4, -0.2) is 38.4 Å². The maximum atomic E-state index is 5.51. The highest BCUT2D eigenvalue weighted by atomic mass is 16.7. The number of benzene rings is 1. The predicted octanol–water partition coefficient (Wildman–Crippen LogP) is 2.32. The van der Waals surface area contributed by atoms with Crippen molar-refractivity contribution in [1.29, 1.82) is 0 Å². The van der Waals surface area contributed by atoms with Crippen LogP contribution in [0.4, 0.5) is 0 Å². The molecule has 1 atom stereocenters. The maximum Gasteiger partial charge on any atom is 0.231 e. The highest BCUT2D eigenvalue weighted by Crippen LogP contribution is 2.40. The first kappa shape index (κ1) is 14.2. The average Bonchev–Trinajstić information content (AvgIpc) is 2.75. The van der Waals surface area contributed by atoms with Crippen molar-refractivity contribution in [3.63, 3.8) is 0 Å². The summed E-state index contributed by atoms with van der Waals surface area (Å²) in [5.41, 5.74) is 2.46. The molecule has 0 fully saturated rings. The van der Waals surface area contributed by atoms with Crippen molar-refractivity contribution >= 4 is 0 Å².